The lowest BCUT2D eigenvalue weighted by Crippen LogP contribution is -2.17. The number of rotatable bonds is 7. The molecule has 0 saturated carbocycles. The van der Waals surface area contributed by atoms with Crippen molar-refractivity contribution in [3.05, 3.63) is 47.2 Å². The van der Waals surface area contributed by atoms with Gasteiger partial charge >= 0.3 is 0 Å². The average Bonchev–Trinajstić information content (AvgIpc) is 2.57. The second kappa shape index (κ2) is 8.43. The van der Waals surface area contributed by atoms with Crippen molar-refractivity contribution in [2.24, 2.45) is 5.92 Å². The second-order valence-corrected chi connectivity index (χ2v) is 6.33. The number of benzene rings is 1. The average molecular weight is 326 g/mol. The summed E-state index contributed by atoms with van der Waals surface area (Å²) in [6.45, 7) is 9.26. The van der Waals surface area contributed by atoms with E-state index >= 15 is 0 Å². The van der Waals surface area contributed by atoms with Crippen LogP contribution in [0.15, 0.2) is 30.3 Å². The van der Waals surface area contributed by atoms with Gasteiger partial charge in [0.25, 0.3) is 5.91 Å². The van der Waals surface area contributed by atoms with E-state index in [0.717, 1.165) is 36.2 Å². The van der Waals surface area contributed by atoms with Gasteiger partial charge in [-0.05, 0) is 48.9 Å². The molecule has 128 valence electrons. The Labute approximate surface area is 143 Å². The van der Waals surface area contributed by atoms with Crippen LogP contribution >= 0.6 is 0 Å². The minimum atomic E-state index is -0.236. The van der Waals surface area contributed by atoms with E-state index in [1.54, 1.807) is 12.1 Å². The normalized spacial score (nSPS) is 10.7. The topological polar surface area (TPSA) is 66.9 Å². The van der Waals surface area contributed by atoms with Gasteiger partial charge in [0, 0.05) is 12.2 Å². The number of aromatic nitrogens is 2. The van der Waals surface area contributed by atoms with Crippen LogP contribution in [0.3, 0.4) is 0 Å². The monoisotopic (exact) mass is 326 g/mol. The molecule has 24 heavy (non-hydrogen) atoms. The Hall–Kier alpha value is -2.43. The van der Waals surface area contributed by atoms with Crippen LogP contribution in [0.1, 0.15) is 48.8 Å². The van der Waals surface area contributed by atoms with Crippen LogP contribution in [-0.2, 0) is 6.42 Å². The van der Waals surface area contributed by atoms with Gasteiger partial charge in [0.05, 0.1) is 0 Å². The minimum Gasteiger partial charge on any atom is -0.369 e. The zero-order valence-corrected chi connectivity index (χ0v) is 14.9. The summed E-state index contributed by atoms with van der Waals surface area (Å²) in [6, 6.07) is 9.50. The summed E-state index contributed by atoms with van der Waals surface area (Å²) in [6.07, 6.45) is 1.93. The first-order valence-corrected chi connectivity index (χ1v) is 8.48. The van der Waals surface area contributed by atoms with Crippen molar-refractivity contribution in [3.63, 3.8) is 0 Å². The molecule has 1 aromatic heterocycles. The van der Waals surface area contributed by atoms with Crippen LogP contribution in [0.2, 0.25) is 0 Å². The predicted octanol–water partition coefficient (Wildman–Crippen LogP) is 4.06. The van der Waals surface area contributed by atoms with Gasteiger partial charge < -0.3 is 10.6 Å². The summed E-state index contributed by atoms with van der Waals surface area (Å²) in [5, 5.41) is 14.3. The van der Waals surface area contributed by atoms with Crippen LogP contribution in [0.25, 0.3) is 0 Å². The van der Waals surface area contributed by atoms with E-state index in [0.29, 0.717) is 17.4 Å². The third-order valence-corrected chi connectivity index (χ3v) is 3.90. The maximum absolute atomic E-state index is 12.4. The summed E-state index contributed by atoms with van der Waals surface area (Å²) < 4.78 is 0. The molecular formula is C19H26N4O. The molecule has 0 aliphatic rings. The number of amides is 1. The molecule has 0 aliphatic carbocycles. The SMILES string of the molecule is CCc1cccc(C)c1NC(=O)c1ccc(NCCC(C)C)nn1. The van der Waals surface area contributed by atoms with E-state index < -0.39 is 0 Å². The molecule has 2 aromatic rings. The van der Waals surface area contributed by atoms with Gasteiger partial charge in [0.15, 0.2) is 5.69 Å². The van der Waals surface area contributed by atoms with Gasteiger partial charge in [-0.3, -0.25) is 4.79 Å². The Balaban J connectivity index is 2.03. The lowest BCUT2D eigenvalue weighted by molar-refractivity contribution is 0.102. The maximum Gasteiger partial charge on any atom is 0.276 e. The molecule has 1 aromatic carbocycles. The standard InChI is InChI=1S/C19H26N4O/c1-5-15-8-6-7-14(4)18(15)21-19(24)16-9-10-17(23-22-16)20-12-11-13(2)3/h6-10,13H,5,11-12H2,1-4H3,(H,20,23)(H,21,24). The molecule has 0 atom stereocenters. The molecule has 0 aliphatic heterocycles. The number of hydrogen-bond donors (Lipinski definition) is 2. The van der Waals surface area contributed by atoms with Crippen molar-refractivity contribution >= 4 is 17.4 Å². The molecule has 0 fully saturated rings. The highest BCUT2D eigenvalue weighted by atomic mass is 16.1. The molecule has 0 saturated heterocycles. The lowest BCUT2D eigenvalue weighted by Gasteiger charge is -2.12. The lowest BCUT2D eigenvalue weighted by atomic mass is 10.1. The Kier molecular flexibility index (Phi) is 6.29. The van der Waals surface area contributed by atoms with Gasteiger partial charge in [-0.25, -0.2) is 0 Å². The number of hydrogen-bond acceptors (Lipinski definition) is 4. The Morgan fingerprint density at radius 1 is 1.17 bits per heavy atom. The molecule has 2 rings (SSSR count). The number of aryl methyl sites for hydroxylation is 2. The molecule has 0 bridgehead atoms. The molecular weight excluding hydrogens is 300 g/mol. The van der Waals surface area contributed by atoms with Gasteiger partial charge in [-0.1, -0.05) is 39.0 Å². The number of carbonyl (C=O) groups is 1. The zero-order chi connectivity index (χ0) is 17.5. The summed E-state index contributed by atoms with van der Waals surface area (Å²) in [7, 11) is 0. The van der Waals surface area contributed by atoms with E-state index in [1.165, 1.54) is 0 Å². The summed E-state index contributed by atoms with van der Waals surface area (Å²) >= 11 is 0. The Morgan fingerprint density at radius 2 is 1.96 bits per heavy atom. The molecule has 5 heteroatoms. The van der Waals surface area contributed by atoms with Gasteiger partial charge in [0.2, 0.25) is 0 Å². The van der Waals surface area contributed by atoms with E-state index in [2.05, 4.69) is 41.6 Å². The van der Waals surface area contributed by atoms with Gasteiger partial charge in [-0.15, -0.1) is 10.2 Å². The molecule has 2 N–H and O–H groups in total. The number of anilines is 2. The van der Waals surface area contributed by atoms with Crippen LogP contribution in [-0.4, -0.2) is 22.6 Å². The van der Waals surface area contributed by atoms with Crippen molar-refractivity contribution in [2.45, 2.75) is 40.5 Å². The first kappa shape index (κ1) is 17.9. The van der Waals surface area contributed by atoms with E-state index in [-0.39, 0.29) is 5.91 Å². The highest BCUT2D eigenvalue weighted by molar-refractivity contribution is 6.03. The van der Waals surface area contributed by atoms with Crippen molar-refractivity contribution in [2.75, 3.05) is 17.2 Å². The van der Waals surface area contributed by atoms with E-state index in [9.17, 15) is 4.79 Å². The van der Waals surface area contributed by atoms with Crippen LogP contribution in [0, 0.1) is 12.8 Å². The third-order valence-electron chi connectivity index (χ3n) is 3.90. The maximum atomic E-state index is 12.4. The molecule has 0 spiro atoms. The van der Waals surface area contributed by atoms with Crippen LogP contribution in [0.4, 0.5) is 11.5 Å². The summed E-state index contributed by atoms with van der Waals surface area (Å²) in [4.78, 5) is 12.4. The zero-order valence-electron chi connectivity index (χ0n) is 14.9. The van der Waals surface area contributed by atoms with Crippen molar-refractivity contribution in [3.8, 4) is 0 Å². The highest BCUT2D eigenvalue weighted by Gasteiger charge is 2.12. The molecule has 1 heterocycles. The second-order valence-electron chi connectivity index (χ2n) is 6.33. The summed E-state index contributed by atoms with van der Waals surface area (Å²) in [5.41, 5.74) is 3.34. The molecule has 0 radical (unpaired) electrons. The van der Waals surface area contributed by atoms with Crippen LogP contribution in [0.5, 0.6) is 0 Å². The van der Waals surface area contributed by atoms with E-state index in [1.807, 2.05) is 25.1 Å². The smallest absolute Gasteiger partial charge is 0.276 e. The van der Waals surface area contributed by atoms with Crippen molar-refractivity contribution in [1.29, 1.82) is 0 Å². The Morgan fingerprint density at radius 3 is 2.58 bits per heavy atom. The molecule has 1 amide bonds. The first-order chi connectivity index (χ1) is 11.5. The first-order valence-electron chi connectivity index (χ1n) is 8.48. The van der Waals surface area contributed by atoms with Crippen molar-refractivity contribution in [1.82, 2.24) is 10.2 Å². The van der Waals surface area contributed by atoms with E-state index in [4.69, 9.17) is 0 Å². The van der Waals surface area contributed by atoms with Crippen molar-refractivity contribution < 1.29 is 4.79 Å². The fourth-order valence-corrected chi connectivity index (χ4v) is 2.42. The minimum absolute atomic E-state index is 0.236. The van der Waals surface area contributed by atoms with Gasteiger partial charge in [0.1, 0.15) is 5.82 Å². The fraction of sp³-hybridized carbons (Fsp3) is 0.421. The number of para-hydroxylation sites is 1. The van der Waals surface area contributed by atoms with Gasteiger partial charge in [-0.2, -0.15) is 0 Å². The number of carbonyl (C=O) groups excluding carboxylic acids is 1. The summed E-state index contributed by atoms with van der Waals surface area (Å²) in [5.74, 6) is 1.09. The molecule has 0 unspecified atom stereocenters. The predicted molar refractivity (Wildman–Crippen MR) is 98.5 cm³/mol. The number of nitrogens with zero attached hydrogens (tertiary/aromatic N) is 2. The molecule has 5 nitrogen and oxygen atoms in total. The fourth-order valence-electron chi connectivity index (χ4n) is 2.42. The Bertz CT molecular complexity index is 680. The number of nitrogens with one attached hydrogen (secondary N) is 2. The quantitative estimate of drug-likeness (QED) is 0.805. The highest BCUT2D eigenvalue weighted by Crippen LogP contribution is 2.21. The third kappa shape index (κ3) is 4.78. The largest absolute Gasteiger partial charge is 0.369 e. The van der Waals surface area contributed by atoms with Crippen LogP contribution < -0.4 is 10.6 Å².